The standard InChI is InChI=1S/C22H34N2O.ClH/c1-3-8-19(16-18-9-6-5-7-10-18)24(15-4-2)21(25)20-17-22(20)11-13-23-14-12-22;/h5-7,9-10,19-20,23H,3-4,8,11-17H2,1-2H3;1H. The van der Waals surface area contributed by atoms with E-state index in [1.165, 1.54) is 18.4 Å². The third kappa shape index (κ3) is 4.80. The Labute approximate surface area is 165 Å². The number of hydrogen-bond acceptors (Lipinski definition) is 2. The fourth-order valence-corrected chi connectivity index (χ4v) is 4.68. The first kappa shape index (κ1) is 21.2. The number of carbonyl (C=O) groups is 1. The van der Waals surface area contributed by atoms with E-state index in [2.05, 4.69) is 54.4 Å². The van der Waals surface area contributed by atoms with E-state index in [0.29, 0.717) is 17.4 Å². The predicted molar refractivity (Wildman–Crippen MR) is 111 cm³/mol. The lowest BCUT2D eigenvalue weighted by Crippen LogP contribution is -2.44. The van der Waals surface area contributed by atoms with Crippen molar-refractivity contribution in [3.63, 3.8) is 0 Å². The van der Waals surface area contributed by atoms with Gasteiger partial charge in [-0.05, 0) is 62.6 Å². The second kappa shape index (κ2) is 9.75. The summed E-state index contributed by atoms with van der Waals surface area (Å²) in [6, 6.07) is 11.0. The molecule has 3 rings (SSSR count). The minimum atomic E-state index is 0. The maximum absolute atomic E-state index is 13.4. The van der Waals surface area contributed by atoms with Crippen LogP contribution in [0.2, 0.25) is 0 Å². The zero-order chi connectivity index (χ0) is 17.7. The van der Waals surface area contributed by atoms with Gasteiger partial charge in [0.25, 0.3) is 0 Å². The van der Waals surface area contributed by atoms with Crippen LogP contribution in [-0.4, -0.2) is 36.5 Å². The van der Waals surface area contributed by atoms with Gasteiger partial charge in [-0.2, -0.15) is 0 Å². The number of carbonyl (C=O) groups excluding carboxylic acids is 1. The van der Waals surface area contributed by atoms with E-state index >= 15 is 0 Å². The molecule has 146 valence electrons. The molecule has 2 unspecified atom stereocenters. The van der Waals surface area contributed by atoms with Crippen molar-refractivity contribution in [3.8, 4) is 0 Å². The van der Waals surface area contributed by atoms with Crippen LogP contribution in [0.4, 0.5) is 0 Å². The third-order valence-electron chi connectivity index (χ3n) is 6.21. The molecule has 2 fully saturated rings. The largest absolute Gasteiger partial charge is 0.339 e. The molecule has 0 bridgehead atoms. The lowest BCUT2D eigenvalue weighted by Gasteiger charge is -2.33. The van der Waals surface area contributed by atoms with Crippen molar-refractivity contribution in [2.45, 2.75) is 64.8 Å². The summed E-state index contributed by atoms with van der Waals surface area (Å²) in [4.78, 5) is 15.6. The van der Waals surface area contributed by atoms with Crippen LogP contribution in [0.25, 0.3) is 0 Å². The molecule has 1 amide bonds. The predicted octanol–water partition coefficient (Wildman–Crippen LogP) is 4.45. The highest BCUT2D eigenvalue weighted by Crippen LogP contribution is 2.59. The molecule has 3 nitrogen and oxygen atoms in total. The Morgan fingerprint density at radius 1 is 1.19 bits per heavy atom. The van der Waals surface area contributed by atoms with Crippen molar-refractivity contribution < 1.29 is 4.79 Å². The Bertz CT molecular complexity index is 557. The normalized spacial score (nSPS) is 21.7. The quantitative estimate of drug-likeness (QED) is 0.724. The van der Waals surface area contributed by atoms with Gasteiger partial charge in [-0.15, -0.1) is 12.4 Å². The van der Waals surface area contributed by atoms with Crippen LogP contribution >= 0.6 is 12.4 Å². The number of nitrogens with zero attached hydrogens (tertiary/aromatic N) is 1. The van der Waals surface area contributed by atoms with Gasteiger partial charge in [0, 0.05) is 18.5 Å². The zero-order valence-electron chi connectivity index (χ0n) is 16.4. The van der Waals surface area contributed by atoms with Gasteiger partial charge in [0.1, 0.15) is 0 Å². The monoisotopic (exact) mass is 378 g/mol. The number of amides is 1. The number of hydrogen-bond donors (Lipinski definition) is 1. The average Bonchev–Trinajstić information content (AvgIpc) is 3.33. The molecule has 1 aliphatic heterocycles. The SMILES string of the molecule is CCCC(Cc1ccccc1)N(CCC)C(=O)C1CC12CCNCC2.Cl. The smallest absolute Gasteiger partial charge is 0.226 e. The first-order valence-electron chi connectivity index (χ1n) is 10.3. The van der Waals surface area contributed by atoms with Crippen molar-refractivity contribution in [3.05, 3.63) is 35.9 Å². The highest BCUT2D eigenvalue weighted by molar-refractivity contribution is 5.85. The van der Waals surface area contributed by atoms with Gasteiger partial charge in [-0.25, -0.2) is 0 Å². The minimum Gasteiger partial charge on any atom is -0.339 e. The van der Waals surface area contributed by atoms with Crippen molar-refractivity contribution in [1.82, 2.24) is 10.2 Å². The van der Waals surface area contributed by atoms with Gasteiger partial charge in [0.05, 0.1) is 0 Å². The lowest BCUT2D eigenvalue weighted by atomic mass is 9.91. The molecular weight excluding hydrogens is 344 g/mol. The second-order valence-electron chi connectivity index (χ2n) is 8.03. The average molecular weight is 379 g/mol. The highest BCUT2D eigenvalue weighted by atomic mass is 35.5. The zero-order valence-corrected chi connectivity index (χ0v) is 17.2. The van der Waals surface area contributed by atoms with E-state index in [4.69, 9.17) is 0 Å². The summed E-state index contributed by atoms with van der Waals surface area (Å²) in [6.07, 6.45) is 7.75. The van der Waals surface area contributed by atoms with Crippen molar-refractivity contribution in [2.24, 2.45) is 11.3 Å². The maximum Gasteiger partial charge on any atom is 0.226 e. The van der Waals surface area contributed by atoms with Gasteiger partial charge in [0.15, 0.2) is 0 Å². The van der Waals surface area contributed by atoms with Gasteiger partial charge in [-0.3, -0.25) is 4.79 Å². The topological polar surface area (TPSA) is 32.3 Å². The second-order valence-corrected chi connectivity index (χ2v) is 8.03. The van der Waals surface area contributed by atoms with Crippen LogP contribution in [0.3, 0.4) is 0 Å². The van der Waals surface area contributed by atoms with E-state index in [0.717, 1.165) is 51.7 Å². The van der Waals surface area contributed by atoms with Crippen molar-refractivity contribution >= 4 is 18.3 Å². The molecule has 1 saturated heterocycles. The molecule has 1 saturated carbocycles. The van der Waals surface area contributed by atoms with Gasteiger partial charge in [-0.1, -0.05) is 50.6 Å². The number of benzene rings is 1. The molecule has 2 atom stereocenters. The summed E-state index contributed by atoms with van der Waals surface area (Å²) in [5, 5.41) is 3.45. The van der Waals surface area contributed by atoms with E-state index in [1.54, 1.807) is 0 Å². The molecule has 1 N–H and O–H groups in total. The summed E-state index contributed by atoms with van der Waals surface area (Å²) in [6.45, 7) is 7.50. The van der Waals surface area contributed by atoms with Crippen LogP contribution < -0.4 is 5.32 Å². The highest BCUT2D eigenvalue weighted by Gasteiger charge is 2.58. The van der Waals surface area contributed by atoms with E-state index in [9.17, 15) is 4.79 Å². The number of piperidine rings is 1. The Hall–Kier alpha value is -1.06. The Balaban J connectivity index is 0.00000243. The minimum absolute atomic E-state index is 0. The fourth-order valence-electron chi connectivity index (χ4n) is 4.68. The summed E-state index contributed by atoms with van der Waals surface area (Å²) in [5.74, 6) is 0.731. The van der Waals surface area contributed by atoms with Crippen LogP contribution in [-0.2, 0) is 11.2 Å². The van der Waals surface area contributed by atoms with Crippen LogP contribution in [0.5, 0.6) is 0 Å². The molecule has 1 aromatic rings. The maximum atomic E-state index is 13.4. The molecule has 26 heavy (non-hydrogen) atoms. The van der Waals surface area contributed by atoms with E-state index in [1.807, 2.05) is 0 Å². The molecule has 4 heteroatoms. The fraction of sp³-hybridized carbons (Fsp3) is 0.682. The van der Waals surface area contributed by atoms with Crippen molar-refractivity contribution in [2.75, 3.05) is 19.6 Å². The van der Waals surface area contributed by atoms with E-state index in [-0.39, 0.29) is 18.3 Å². The molecule has 1 spiro atoms. The van der Waals surface area contributed by atoms with E-state index < -0.39 is 0 Å². The van der Waals surface area contributed by atoms with Crippen LogP contribution in [0.15, 0.2) is 30.3 Å². The molecule has 2 aliphatic rings. The molecule has 1 aromatic carbocycles. The number of nitrogens with one attached hydrogen (secondary N) is 1. The molecule has 1 aliphatic carbocycles. The summed E-state index contributed by atoms with van der Waals surface area (Å²) < 4.78 is 0. The Kier molecular flexibility index (Phi) is 7.97. The molecule has 0 radical (unpaired) electrons. The van der Waals surface area contributed by atoms with Gasteiger partial charge >= 0.3 is 0 Å². The number of rotatable bonds is 8. The molecule has 1 heterocycles. The first-order valence-corrected chi connectivity index (χ1v) is 10.3. The van der Waals surface area contributed by atoms with Gasteiger partial charge in [0.2, 0.25) is 5.91 Å². The van der Waals surface area contributed by atoms with Crippen molar-refractivity contribution in [1.29, 1.82) is 0 Å². The Morgan fingerprint density at radius 2 is 1.88 bits per heavy atom. The first-order chi connectivity index (χ1) is 12.2. The Morgan fingerprint density at radius 3 is 2.50 bits per heavy atom. The molecule has 0 aromatic heterocycles. The summed E-state index contributed by atoms with van der Waals surface area (Å²) >= 11 is 0. The lowest BCUT2D eigenvalue weighted by molar-refractivity contribution is -0.136. The van der Waals surface area contributed by atoms with Crippen LogP contribution in [0, 0.1) is 11.3 Å². The van der Waals surface area contributed by atoms with Gasteiger partial charge < -0.3 is 10.2 Å². The summed E-state index contributed by atoms with van der Waals surface area (Å²) in [7, 11) is 0. The summed E-state index contributed by atoms with van der Waals surface area (Å²) in [5.41, 5.74) is 1.68. The van der Waals surface area contributed by atoms with Crippen LogP contribution in [0.1, 0.15) is 57.9 Å². The number of halogens is 1. The molecular formula is C22H35ClN2O. The third-order valence-corrected chi connectivity index (χ3v) is 6.21.